The van der Waals surface area contributed by atoms with Gasteiger partial charge in [-0.25, -0.2) is 13.4 Å². The molecule has 0 aromatic heterocycles. The Bertz CT molecular complexity index is 925. The Balaban J connectivity index is 1.97. The van der Waals surface area contributed by atoms with Crippen LogP contribution in [0.15, 0.2) is 28.3 Å². The molecule has 1 unspecified atom stereocenters. The normalized spacial score (nSPS) is 21.5. The lowest BCUT2D eigenvalue weighted by Crippen LogP contribution is -2.30. The summed E-state index contributed by atoms with van der Waals surface area (Å²) in [6.07, 6.45) is 2.80. The number of aliphatic imine (C=N–C) groups is 1. The van der Waals surface area contributed by atoms with Crippen molar-refractivity contribution >= 4 is 44.8 Å². The molecule has 1 fully saturated rings. The highest BCUT2D eigenvalue weighted by Gasteiger charge is 2.24. The van der Waals surface area contributed by atoms with E-state index in [1.807, 2.05) is 11.0 Å². The molecule has 1 aromatic rings. The molecule has 10 nitrogen and oxygen atoms in total. The molecule has 0 radical (unpaired) electrons. The van der Waals surface area contributed by atoms with Crippen molar-refractivity contribution in [3.8, 4) is 0 Å². The van der Waals surface area contributed by atoms with Gasteiger partial charge in [0, 0.05) is 18.8 Å². The van der Waals surface area contributed by atoms with E-state index < -0.39 is 16.1 Å². The summed E-state index contributed by atoms with van der Waals surface area (Å²) >= 11 is 0. The van der Waals surface area contributed by atoms with Gasteiger partial charge in [-0.05, 0) is 24.6 Å². The highest BCUT2D eigenvalue weighted by molar-refractivity contribution is 7.92. The Morgan fingerprint density at radius 2 is 2.26 bits per heavy atom. The van der Waals surface area contributed by atoms with Crippen LogP contribution < -0.4 is 15.4 Å². The van der Waals surface area contributed by atoms with Crippen LogP contribution in [-0.2, 0) is 10.0 Å². The molecule has 1 aromatic carbocycles. The van der Waals surface area contributed by atoms with Gasteiger partial charge in [-0.3, -0.25) is 10.5 Å². The van der Waals surface area contributed by atoms with Gasteiger partial charge < -0.3 is 15.1 Å². The predicted octanol–water partition coefficient (Wildman–Crippen LogP) is -0.937. The number of nitrogens with zero attached hydrogens (tertiary/aromatic N) is 4. The number of benzene rings is 1. The van der Waals surface area contributed by atoms with Crippen LogP contribution in [0.4, 0.5) is 17.1 Å². The number of hydrogen-bond acceptors (Lipinski definition) is 8. The minimum Gasteiger partial charge on any atom is -0.392 e. The summed E-state index contributed by atoms with van der Waals surface area (Å²) in [6, 6.07) is 5.20. The summed E-state index contributed by atoms with van der Waals surface area (Å²) in [5.41, 5.74) is 7.85. The molecular formula is C16H23N6O4S+. The molecule has 2 aliphatic heterocycles. The number of aliphatic hydroxyl groups is 2. The zero-order valence-electron chi connectivity index (χ0n) is 14.9. The number of hydrazone groups is 1. The summed E-state index contributed by atoms with van der Waals surface area (Å²) in [5, 5.41) is 22.8. The first kappa shape index (κ1) is 19.3. The molecule has 0 saturated carbocycles. The van der Waals surface area contributed by atoms with Gasteiger partial charge in [0.15, 0.2) is 5.71 Å². The zero-order chi connectivity index (χ0) is 19.6. The molecule has 2 heterocycles. The van der Waals surface area contributed by atoms with Crippen LogP contribution >= 0.6 is 0 Å². The molecule has 146 valence electrons. The molecule has 5 N–H and O–H groups in total. The Morgan fingerprint density at radius 1 is 1.48 bits per heavy atom. The molecule has 1 atom stereocenters. The van der Waals surface area contributed by atoms with Crippen molar-refractivity contribution in [1.29, 1.82) is 0 Å². The molecular weight excluding hydrogens is 372 g/mol. The first-order valence-electron chi connectivity index (χ1n) is 8.45. The van der Waals surface area contributed by atoms with Gasteiger partial charge in [0.05, 0.1) is 30.3 Å². The fourth-order valence-corrected chi connectivity index (χ4v) is 3.51. The van der Waals surface area contributed by atoms with Crippen molar-refractivity contribution in [2.45, 2.75) is 12.5 Å². The van der Waals surface area contributed by atoms with Crippen LogP contribution in [-0.4, -0.2) is 79.7 Å². The minimum atomic E-state index is -3.52. The highest BCUT2D eigenvalue weighted by atomic mass is 32.2. The van der Waals surface area contributed by atoms with Crippen molar-refractivity contribution in [3.63, 3.8) is 0 Å². The first-order chi connectivity index (χ1) is 12.8. The monoisotopic (exact) mass is 395 g/mol. The number of amidine groups is 1. The quantitative estimate of drug-likeness (QED) is 0.458. The van der Waals surface area contributed by atoms with Crippen molar-refractivity contribution in [1.82, 2.24) is 0 Å². The van der Waals surface area contributed by atoms with Gasteiger partial charge in [-0.1, -0.05) is 5.10 Å². The second-order valence-electron chi connectivity index (χ2n) is 6.44. The van der Waals surface area contributed by atoms with Gasteiger partial charge in [-0.15, -0.1) is 4.68 Å². The number of nitrogens with two attached hydrogens (primary N) is 1. The summed E-state index contributed by atoms with van der Waals surface area (Å²) in [6.45, 7) is 1.32. The number of aliphatic hydroxyl groups excluding tert-OH is 2. The second kappa shape index (κ2) is 7.62. The van der Waals surface area contributed by atoms with E-state index in [2.05, 4.69) is 14.8 Å². The van der Waals surface area contributed by atoms with Crippen molar-refractivity contribution in [3.05, 3.63) is 18.2 Å². The number of hydrogen-bond donors (Lipinski definition) is 4. The fraction of sp³-hybridized carbons (Fsp3) is 0.438. The third kappa shape index (κ3) is 4.62. The fourth-order valence-electron chi connectivity index (χ4n) is 2.95. The van der Waals surface area contributed by atoms with E-state index in [4.69, 9.17) is 10.8 Å². The number of nitrogens with one attached hydrogen (secondary N) is 1. The largest absolute Gasteiger partial charge is 0.392 e. The van der Waals surface area contributed by atoms with Crippen molar-refractivity contribution in [2.24, 2.45) is 15.8 Å². The van der Waals surface area contributed by atoms with E-state index in [1.54, 1.807) is 12.1 Å². The van der Waals surface area contributed by atoms with Gasteiger partial charge in [0.1, 0.15) is 12.8 Å². The number of anilines is 2. The number of sulfonamides is 1. The summed E-state index contributed by atoms with van der Waals surface area (Å²) in [5.74, 6) is 0.279. The summed E-state index contributed by atoms with van der Waals surface area (Å²) in [7, 11) is -3.52. The molecule has 0 amide bonds. The van der Waals surface area contributed by atoms with Crippen LogP contribution in [0.2, 0.25) is 0 Å². The summed E-state index contributed by atoms with van der Waals surface area (Å²) < 4.78 is 27.4. The lowest BCUT2D eigenvalue weighted by atomic mass is 10.2. The van der Waals surface area contributed by atoms with Crippen LogP contribution in [0.3, 0.4) is 0 Å². The Kier molecular flexibility index (Phi) is 5.44. The maximum atomic E-state index is 11.8. The van der Waals surface area contributed by atoms with Crippen LogP contribution in [0.5, 0.6) is 0 Å². The molecule has 2 aliphatic rings. The zero-order valence-corrected chi connectivity index (χ0v) is 15.7. The van der Waals surface area contributed by atoms with E-state index in [-0.39, 0.29) is 19.0 Å². The van der Waals surface area contributed by atoms with Crippen molar-refractivity contribution < 1.29 is 23.3 Å². The molecule has 0 spiro atoms. The maximum absolute atomic E-state index is 11.8. The van der Waals surface area contributed by atoms with E-state index >= 15 is 0 Å². The highest BCUT2D eigenvalue weighted by Crippen LogP contribution is 2.32. The third-order valence-corrected chi connectivity index (χ3v) is 4.81. The van der Waals surface area contributed by atoms with Crippen LogP contribution in [0, 0.1) is 0 Å². The molecule has 27 heavy (non-hydrogen) atoms. The molecule has 0 bridgehead atoms. The smallest absolute Gasteiger partial charge is 0.321 e. The van der Waals surface area contributed by atoms with E-state index in [0.717, 1.165) is 11.9 Å². The average molecular weight is 395 g/mol. The molecule has 1 saturated heterocycles. The Morgan fingerprint density at radius 3 is 2.89 bits per heavy atom. The topological polar surface area (TPSA) is 144 Å². The average Bonchev–Trinajstić information content (AvgIpc) is 3.16. The first-order valence-corrected chi connectivity index (χ1v) is 10.3. The van der Waals surface area contributed by atoms with Gasteiger partial charge in [0.25, 0.3) is 0 Å². The molecule has 0 aliphatic carbocycles. The van der Waals surface area contributed by atoms with Crippen molar-refractivity contribution in [2.75, 3.05) is 42.1 Å². The van der Waals surface area contributed by atoms with E-state index in [0.29, 0.717) is 36.6 Å². The SMILES string of the molecule is CS(=O)(=O)Nc1cc(N2CCC(O)C2)ccc1N=C1C=N[N+](CCO)=C1N. The van der Waals surface area contributed by atoms with Gasteiger partial charge >= 0.3 is 5.84 Å². The molecule has 3 rings (SSSR count). The maximum Gasteiger partial charge on any atom is 0.321 e. The predicted molar refractivity (Wildman–Crippen MR) is 105 cm³/mol. The summed E-state index contributed by atoms with van der Waals surface area (Å²) in [4.78, 5) is 6.41. The van der Waals surface area contributed by atoms with E-state index in [1.165, 1.54) is 10.9 Å². The molecule has 11 heteroatoms. The second-order valence-corrected chi connectivity index (χ2v) is 8.19. The Labute approximate surface area is 157 Å². The van der Waals surface area contributed by atoms with Gasteiger partial charge in [0.2, 0.25) is 10.0 Å². The lowest BCUT2D eigenvalue weighted by molar-refractivity contribution is -0.532. The number of β-amino-alcohol motifs (C(OH)–C–C–N with tert-alkyl or cyclic N) is 2. The standard InChI is InChI=1S/C16H22N6O4S/c1-27(25,26)20-14-8-11(21-5-4-12(24)10-21)2-3-13(14)19-15-9-18-22(6-7-23)16(15)17/h2-3,8-9,12,23-24H,4-7,10H2,1H3,(H2,17,18,20)/p+1. The Hall–Kier alpha value is -2.50. The van der Waals surface area contributed by atoms with Crippen LogP contribution in [0.25, 0.3) is 0 Å². The third-order valence-electron chi connectivity index (χ3n) is 4.22. The number of rotatable bonds is 6. The lowest BCUT2D eigenvalue weighted by Gasteiger charge is -2.19. The van der Waals surface area contributed by atoms with Crippen LogP contribution in [0.1, 0.15) is 6.42 Å². The van der Waals surface area contributed by atoms with Gasteiger partial charge in [-0.2, -0.15) is 0 Å². The minimum absolute atomic E-state index is 0.109. The van der Waals surface area contributed by atoms with E-state index in [9.17, 15) is 13.5 Å².